The molecule has 126 valence electrons. The van der Waals surface area contributed by atoms with Crippen LogP contribution in [0.25, 0.3) is 0 Å². The number of halogens is 3. The van der Waals surface area contributed by atoms with Gasteiger partial charge in [0.25, 0.3) is 0 Å². The summed E-state index contributed by atoms with van der Waals surface area (Å²) in [5.41, 5.74) is 0.357. The van der Waals surface area contributed by atoms with Gasteiger partial charge in [-0.15, -0.1) is 0 Å². The number of benzene rings is 2. The van der Waals surface area contributed by atoms with E-state index in [9.17, 15) is 22.8 Å². The molecule has 0 radical (unpaired) electrons. The molecule has 0 aliphatic carbocycles. The first-order valence-electron chi connectivity index (χ1n) is 6.87. The lowest BCUT2D eigenvalue weighted by atomic mass is 10.2. The van der Waals surface area contributed by atoms with Crippen molar-refractivity contribution < 1.29 is 22.8 Å². The van der Waals surface area contributed by atoms with Crippen LogP contribution < -0.4 is 16.0 Å². The van der Waals surface area contributed by atoms with Gasteiger partial charge in [-0.2, -0.15) is 13.2 Å². The standard InChI is InChI=1S/C16H14F3N3O2/c1-10(23)20-13-3-2-4-14(9-13)22-15(24)21-12-7-5-11(6-8-12)16(17,18)19/h2-9H,1H3,(H,20,23)(H2,21,22,24). The molecule has 0 spiro atoms. The van der Waals surface area contributed by atoms with Crippen LogP contribution in [-0.2, 0) is 11.0 Å². The highest BCUT2D eigenvalue weighted by Gasteiger charge is 2.29. The predicted octanol–water partition coefficient (Wildman–Crippen LogP) is 4.31. The number of hydrogen-bond acceptors (Lipinski definition) is 2. The summed E-state index contributed by atoms with van der Waals surface area (Å²) in [7, 11) is 0. The lowest BCUT2D eigenvalue weighted by Gasteiger charge is -2.10. The van der Waals surface area contributed by atoms with Crippen LogP contribution in [0.1, 0.15) is 12.5 Å². The maximum absolute atomic E-state index is 12.5. The Balaban J connectivity index is 1.99. The van der Waals surface area contributed by atoms with Crippen molar-refractivity contribution in [3.05, 3.63) is 54.1 Å². The first-order chi connectivity index (χ1) is 11.2. The highest BCUT2D eigenvalue weighted by atomic mass is 19.4. The number of amides is 3. The zero-order valence-electron chi connectivity index (χ0n) is 12.6. The van der Waals surface area contributed by atoms with E-state index in [1.54, 1.807) is 24.3 Å². The fraction of sp³-hybridized carbons (Fsp3) is 0.125. The van der Waals surface area contributed by atoms with Crippen LogP contribution in [0.4, 0.5) is 35.0 Å². The van der Waals surface area contributed by atoms with Crippen molar-refractivity contribution in [1.29, 1.82) is 0 Å². The van der Waals surface area contributed by atoms with Gasteiger partial charge in [0.05, 0.1) is 5.56 Å². The number of alkyl halides is 3. The summed E-state index contributed by atoms with van der Waals surface area (Å²) in [5.74, 6) is -0.249. The van der Waals surface area contributed by atoms with E-state index in [0.717, 1.165) is 24.3 Å². The molecular weight excluding hydrogens is 323 g/mol. The van der Waals surface area contributed by atoms with Crippen molar-refractivity contribution in [1.82, 2.24) is 0 Å². The molecule has 8 heteroatoms. The smallest absolute Gasteiger partial charge is 0.326 e. The van der Waals surface area contributed by atoms with Gasteiger partial charge >= 0.3 is 12.2 Å². The Morgan fingerprint density at radius 2 is 1.38 bits per heavy atom. The summed E-state index contributed by atoms with van der Waals surface area (Å²) in [4.78, 5) is 22.9. The zero-order chi connectivity index (χ0) is 17.7. The molecule has 3 N–H and O–H groups in total. The molecule has 0 fully saturated rings. The van der Waals surface area contributed by atoms with Gasteiger partial charge in [0, 0.05) is 24.0 Å². The van der Waals surface area contributed by atoms with Gasteiger partial charge in [-0.05, 0) is 42.5 Å². The molecule has 0 atom stereocenters. The third-order valence-corrected chi connectivity index (χ3v) is 2.91. The predicted molar refractivity (Wildman–Crippen MR) is 84.8 cm³/mol. The second-order valence-electron chi connectivity index (χ2n) is 4.92. The number of carbonyl (C=O) groups is 2. The minimum absolute atomic E-state index is 0.221. The Hall–Kier alpha value is -3.03. The Labute approximate surface area is 135 Å². The Kier molecular flexibility index (Phi) is 5.08. The monoisotopic (exact) mass is 337 g/mol. The van der Waals surface area contributed by atoms with Crippen molar-refractivity contribution in [3.8, 4) is 0 Å². The van der Waals surface area contributed by atoms with E-state index >= 15 is 0 Å². The topological polar surface area (TPSA) is 70.2 Å². The van der Waals surface area contributed by atoms with E-state index in [4.69, 9.17) is 0 Å². The summed E-state index contributed by atoms with van der Waals surface area (Å²) in [6.07, 6.45) is -4.43. The third kappa shape index (κ3) is 5.01. The lowest BCUT2D eigenvalue weighted by Crippen LogP contribution is -2.19. The molecule has 2 aromatic rings. The maximum Gasteiger partial charge on any atom is 0.416 e. The first-order valence-corrected chi connectivity index (χ1v) is 6.87. The van der Waals surface area contributed by atoms with Gasteiger partial charge in [0.1, 0.15) is 0 Å². The highest BCUT2D eigenvalue weighted by molar-refractivity contribution is 6.00. The average Bonchev–Trinajstić information content (AvgIpc) is 2.46. The molecule has 5 nitrogen and oxygen atoms in total. The Morgan fingerprint density at radius 1 is 0.833 bits per heavy atom. The van der Waals surface area contributed by atoms with Crippen LogP contribution in [0.3, 0.4) is 0 Å². The number of rotatable bonds is 3. The van der Waals surface area contributed by atoms with Gasteiger partial charge in [0.15, 0.2) is 0 Å². The molecule has 0 aromatic heterocycles. The fourth-order valence-electron chi connectivity index (χ4n) is 1.91. The van der Waals surface area contributed by atoms with Gasteiger partial charge in [0.2, 0.25) is 5.91 Å². The summed E-state index contributed by atoms with van der Waals surface area (Å²) in [6.45, 7) is 1.36. The van der Waals surface area contributed by atoms with Crippen molar-refractivity contribution in [2.45, 2.75) is 13.1 Å². The van der Waals surface area contributed by atoms with Crippen LogP contribution in [0, 0.1) is 0 Å². The molecule has 0 aliphatic heterocycles. The fourth-order valence-corrected chi connectivity index (χ4v) is 1.91. The third-order valence-electron chi connectivity index (χ3n) is 2.91. The van der Waals surface area contributed by atoms with E-state index in [1.807, 2.05) is 0 Å². The minimum Gasteiger partial charge on any atom is -0.326 e. The molecule has 0 unspecified atom stereocenters. The molecule has 0 heterocycles. The van der Waals surface area contributed by atoms with Crippen LogP contribution in [-0.4, -0.2) is 11.9 Å². The van der Waals surface area contributed by atoms with Crippen LogP contribution in [0.2, 0.25) is 0 Å². The van der Waals surface area contributed by atoms with E-state index in [-0.39, 0.29) is 11.6 Å². The van der Waals surface area contributed by atoms with E-state index < -0.39 is 17.8 Å². The molecular formula is C16H14F3N3O2. The van der Waals surface area contributed by atoms with Crippen molar-refractivity contribution in [2.75, 3.05) is 16.0 Å². The number of urea groups is 1. The number of hydrogen-bond donors (Lipinski definition) is 3. The van der Waals surface area contributed by atoms with Gasteiger partial charge in [-0.3, -0.25) is 4.79 Å². The molecule has 2 aromatic carbocycles. The molecule has 0 bridgehead atoms. The van der Waals surface area contributed by atoms with E-state index in [1.165, 1.54) is 6.92 Å². The first kappa shape index (κ1) is 17.3. The molecule has 3 amide bonds. The molecule has 24 heavy (non-hydrogen) atoms. The molecule has 0 saturated carbocycles. The average molecular weight is 337 g/mol. The quantitative estimate of drug-likeness (QED) is 0.781. The van der Waals surface area contributed by atoms with Crippen molar-refractivity contribution >= 4 is 29.0 Å². The number of nitrogens with one attached hydrogen (secondary N) is 3. The SMILES string of the molecule is CC(=O)Nc1cccc(NC(=O)Nc2ccc(C(F)(F)F)cc2)c1. The largest absolute Gasteiger partial charge is 0.416 e. The van der Waals surface area contributed by atoms with Gasteiger partial charge < -0.3 is 16.0 Å². The Morgan fingerprint density at radius 3 is 1.92 bits per heavy atom. The minimum atomic E-state index is -4.43. The van der Waals surface area contributed by atoms with E-state index in [0.29, 0.717) is 11.4 Å². The summed E-state index contributed by atoms with van der Waals surface area (Å²) in [6, 6.07) is 9.92. The van der Waals surface area contributed by atoms with Crippen molar-refractivity contribution in [3.63, 3.8) is 0 Å². The number of anilines is 3. The number of carbonyl (C=O) groups excluding carboxylic acids is 2. The van der Waals surface area contributed by atoms with Crippen LogP contribution in [0.5, 0.6) is 0 Å². The maximum atomic E-state index is 12.5. The highest BCUT2D eigenvalue weighted by Crippen LogP contribution is 2.29. The second-order valence-corrected chi connectivity index (χ2v) is 4.92. The molecule has 0 saturated heterocycles. The van der Waals surface area contributed by atoms with Crippen molar-refractivity contribution in [2.24, 2.45) is 0 Å². The normalized spacial score (nSPS) is 10.8. The zero-order valence-corrected chi connectivity index (χ0v) is 12.6. The second kappa shape index (κ2) is 7.03. The summed E-state index contributed by atoms with van der Waals surface area (Å²) in [5, 5.41) is 7.52. The van der Waals surface area contributed by atoms with Gasteiger partial charge in [-0.1, -0.05) is 6.07 Å². The Bertz CT molecular complexity index is 743. The molecule has 0 aliphatic rings. The van der Waals surface area contributed by atoms with Crippen LogP contribution in [0.15, 0.2) is 48.5 Å². The van der Waals surface area contributed by atoms with E-state index in [2.05, 4.69) is 16.0 Å². The van der Waals surface area contributed by atoms with Crippen LogP contribution >= 0.6 is 0 Å². The molecule has 2 rings (SSSR count). The summed E-state index contributed by atoms with van der Waals surface area (Å²) < 4.78 is 37.4. The van der Waals surface area contributed by atoms with Gasteiger partial charge in [-0.25, -0.2) is 4.79 Å². The lowest BCUT2D eigenvalue weighted by molar-refractivity contribution is -0.137. The summed E-state index contributed by atoms with van der Waals surface area (Å²) >= 11 is 0.